The van der Waals surface area contributed by atoms with Crippen molar-refractivity contribution in [1.82, 2.24) is 4.98 Å². The lowest BCUT2D eigenvalue weighted by atomic mass is 9.95. The molecule has 1 aliphatic rings. The molecule has 1 unspecified atom stereocenters. The molecule has 0 amide bonds. The molecule has 1 aromatic heterocycles. The Morgan fingerprint density at radius 1 is 1.47 bits per heavy atom. The summed E-state index contributed by atoms with van der Waals surface area (Å²) in [6, 6.07) is 2.15. The molecule has 2 heterocycles. The maximum Gasteiger partial charge on any atom is 0.131 e. The number of aryl methyl sites for hydroxylation is 1. The van der Waals surface area contributed by atoms with Gasteiger partial charge < -0.3 is 4.90 Å². The molecule has 1 aromatic rings. The van der Waals surface area contributed by atoms with E-state index in [9.17, 15) is 0 Å². The SMILES string of the molecule is CCc1ccnc(N2CCC(C(C)C)C2)c1C. The van der Waals surface area contributed by atoms with Crippen LogP contribution in [0.5, 0.6) is 0 Å². The highest BCUT2D eigenvalue weighted by Crippen LogP contribution is 2.29. The molecule has 1 atom stereocenters. The van der Waals surface area contributed by atoms with Crippen LogP contribution < -0.4 is 4.90 Å². The van der Waals surface area contributed by atoms with Crippen molar-refractivity contribution >= 4 is 5.82 Å². The summed E-state index contributed by atoms with van der Waals surface area (Å²) in [6.07, 6.45) is 4.38. The van der Waals surface area contributed by atoms with Gasteiger partial charge in [0, 0.05) is 19.3 Å². The highest BCUT2D eigenvalue weighted by atomic mass is 15.2. The van der Waals surface area contributed by atoms with Crippen LogP contribution in [0.4, 0.5) is 5.82 Å². The van der Waals surface area contributed by atoms with Gasteiger partial charge in [0.15, 0.2) is 0 Å². The highest BCUT2D eigenvalue weighted by molar-refractivity contribution is 5.50. The summed E-state index contributed by atoms with van der Waals surface area (Å²) in [5.41, 5.74) is 2.81. The zero-order chi connectivity index (χ0) is 12.4. The van der Waals surface area contributed by atoms with E-state index in [4.69, 9.17) is 0 Å². The van der Waals surface area contributed by atoms with Gasteiger partial charge in [0.2, 0.25) is 0 Å². The first kappa shape index (κ1) is 12.4. The smallest absolute Gasteiger partial charge is 0.131 e. The molecule has 2 nitrogen and oxygen atoms in total. The van der Waals surface area contributed by atoms with Crippen LogP contribution in [0.3, 0.4) is 0 Å². The van der Waals surface area contributed by atoms with Crippen molar-refractivity contribution in [2.45, 2.75) is 40.5 Å². The predicted molar refractivity (Wildman–Crippen MR) is 73.5 cm³/mol. The lowest BCUT2D eigenvalue weighted by Crippen LogP contribution is -2.23. The molecule has 0 spiro atoms. The number of nitrogens with zero attached hydrogens (tertiary/aromatic N) is 2. The van der Waals surface area contributed by atoms with Crippen molar-refractivity contribution in [2.75, 3.05) is 18.0 Å². The molecular formula is C15H24N2. The molecule has 94 valence electrons. The number of rotatable bonds is 3. The normalized spacial score (nSPS) is 20.3. The first-order valence-electron chi connectivity index (χ1n) is 6.83. The predicted octanol–water partition coefficient (Wildman–Crippen LogP) is 3.43. The molecule has 1 saturated heterocycles. The molecule has 0 bridgehead atoms. The molecule has 17 heavy (non-hydrogen) atoms. The van der Waals surface area contributed by atoms with Gasteiger partial charge in [0.05, 0.1) is 0 Å². The third kappa shape index (κ3) is 2.46. The topological polar surface area (TPSA) is 16.1 Å². The summed E-state index contributed by atoms with van der Waals surface area (Å²) in [4.78, 5) is 7.06. The minimum Gasteiger partial charge on any atom is -0.356 e. The second-order valence-corrected chi connectivity index (χ2v) is 5.51. The van der Waals surface area contributed by atoms with Crippen LogP contribution in [0, 0.1) is 18.8 Å². The quantitative estimate of drug-likeness (QED) is 0.793. The van der Waals surface area contributed by atoms with Gasteiger partial charge in [-0.2, -0.15) is 0 Å². The molecule has 0 radical (unpaired) electrons. The van der Waals surface area contributed by atoms with Crippen molar-refractivity contribution in [3.05, 3.63) is 23.4 Å². The van der Waals surface area contributed by atoms with Crippen molar-refractivity contribution in [1.29, 1.82) is 0 Å². The Morgan fingerprint density at radius 2 is 2.24 bits per heavy atom. The average molecular weight is 232 g/mol. The van der Waals surface area contributed by atoms with Gasteiger partial charge in [0.25, 0.3) is 0 Å². The Hall–Kier alpha value is -1.05. The summed E-state index contributed by atoms with van der Waals surface area (Å²) in [5.74, 6) is 2.84. The Morgan fingerprint density at radius 3 is 2.82 bits per heavy atom. The minimum atomic E-state index is 0.787. The van der Waals surface area contributed by atoms with Gasteiger partial charge in [-0.1, -0.05) is 20.8 Å². The average Bonchev–Trinajstić information content (AvgIpc) is 2.78. The number of pyridine rings is 1. The Kier molecular flexibility index (Phi) is 3.70. The summed E-state index contributed by atoms with van der Waals surface area (Å²) < 4.78 is 0. The van der Waals surface area contributed by atoms with Gasteiger partial charge in [-0.05, 0) is 48.8 Å². The van der Waals surface area contributed by atoms with E-state index in [0.29, 0.717) is 0 Å². The van der Waals surface area contributed by atoms with Gasteiger partial charge in [0.1, 0.15) is 5.82 Å². The number of hydrogen-bond acceptors (Lipinski definition) is 2. The maximum atomic E-state index is 4.59. The maximum absolute atomic E-state index is 4.59. The van der Waals surface area contributed by atoms with Gasteiger partial charge in [-0.25, -0.2) is 4.98 Å². The number of anilines is 1. The fraction of sp³-hybridized carbons (Fsp3) is 0.667. The molecule has 1 fully saturated rings. The van der Waals surface area contributed by atoms with Crippen molar-refractivity contribution in [3.63, 3.8) is 0 Å². The molecule has 2 rings (SSSR count). The van der Waals surface area contributed by atoms with Crippen molar-refractivity contribution < 1.29 is 0 Å². The van der Waals surface area contributed by atoms with E-state index < -0.39 is 0 Å². The third-order valence-electron chi connectivity index (χ3n) is 4.14. The largest absolute Gasteiger partial charge is 0.356 e. The van der Waals surface area contributed by atoms with E-state index in [2.05, 4.69) is 43.6 Å². The highest BCUT2D eigenvalue weighted by Gasteiger charge is 2.26. The standard InChI is InChI=1S/C15H24N2/c1-5-13-6-8-16-15(12(13)4)17-9-7-14(10-17)11(2)3/h6,8,11,14H,5,7,9-10H2,1-4H3. The second kappa shape index (κ2) is 5.07. The Balaban J connectivity index is 2.19. The fourth-order valence-electron chi connectivity index (χ4n) is 2.79. The van der Waals surface area contributed by atoms with Crippen LogP contribution in [0.1, 0.15) is 38.3 Å². The van der Waals surface area contributed by atoms with E-state index in [1.807, 2.05) is 6.20 Å². The van der Waals surface area contributed by atoms with Crippen molar-refractivity contribution in [2.24, 2.45) is 11.8 Å². The first-order valence-corrected chi connectivity index (χ1v) is 6.83. The third-order valence-corrected chi connectivity index (χ3v) is 4.14. The van der Waals surface area contributed by atoms with Crippen LogP contribution >= 0.6 is 0 Å². The van der Waals surface area contributed by atoms with Gasteiger partial charge in [-0.15, -0.1) is 0 Å². The summed E-state index contributed by atoms with van der Waals surface area (Å²) in [5, 5.41) is 0. The summed E-state index contributed by atoms with van der Waals surface area (Å²) in [6.45, 7) is 11.4. The summed E-state index contributed by atoms with van der Waals surface area (Å²) in [7, 11) is 0. The first-order chi connectivity index (χ1) is 8.13. The van der Waals surface area contributed by atoms with E-state index in [1.165, 1.54) is 36.5 Å². The lowest BCUT2D eigenvalue weighted by molar-refractivity contribution is 0.422. The van der Waals surface area contributed by atoms with Crippen LogP contribution in [-0.4, -0.2) is 18.1 Å². The van der Waals surface area contributed by atoms with Crippen LogP contribution in [0.15, 0.2) is 12.3 Å². The molecule has 0 aromatic carbocycles. The van der Waals surface area contributed by atoms with Crippen LogP contribution in [-0.2, 0) is 6.42 Å². The monoisotopic (exact) mass is 232 g/mol. The van der Waals surface area contributed by atoms with Gasteiger partial charge >= 0.3 is 0 Å². The lowest BCUT2D eigenvalue weighted by Gasteiger charge is -2.21. The summed E-state index contributed by atoms with van der Waals surface area (Å²) >= 11 is 0. The second-order valence-electron chi connectivity index (χ2n) is 5.51. The van der Waals surface area contributed by atoms with E-state index in [0.717, 1.165) is 18.3 Å². The zero-order valence-corrected chi connectivity index (χ0v) is 11.5. The fourth-order valence-corrected chi connectivity index (χ4v) is 2.79. The zero-order valence-electron chi connectivity index (χ0n) is 11.5. The molecule has 0 N–H and O–H groups in total. The Bertz CT molecular complexity index is 385. The van der Waals surface area contributed by atoms with E-state index in [-0.39, 0.29) is 0 Å². The minimum absolute atomic E-state index is 0.787. The Labute approximate surface area is 105 Å². The molecular weight excluding hydrogens is 208 g/mol. The van der Waals surface area contributed by atoms with Crippen molar-refractivity contribution in [3.8, 4) is 0 Å². The van der Waals surface area contributed by atoms with E-state index >= 15 is 0 Å². The van der Waals surface area contributed by atoms with Crippen LogP contribution in [0.2, 0.25) is 0 Å². The molecule has 0 aliphatic carbocycles. The van der Waals surface area contributed by atoms with E-state index in [1.54, 1.807) is 0 Å². The van der Waals surface area contributed by atoms with Crippen LogP contribution in [0.25, 0.3) is 0 Å². The molecule has 2 heteroatoms. The molecule has 1 aliphatic heterocycles. The molecule has 0 saturated carbocycles. The number of hydrogen-bond donors (Lipinski definition) is 0. The van der Waals surface area contributed by atoms with Gasteiger partial charge in [-0.3, -0.25) is 0 Å². The number of aromatic nitrogens is 1.